The van der Waals surface area contributed by atoms with Gasteiger partial charge in [0, 0.05) is 32.6 Å². The second-order valence-corrected chi connectivity index (χ2v) is 7.19. The van der Waals surface area contributed by atoms with Crippen LogP contribution in [-0.2, 0) is 24.3 Å². The molecule has 24 heavy (non-hydrogen) atoms. The SMILES string of the molecule is CCOCCCNS(=O)(=O)c1ccc(N2C(=O)CCCC2=O)cc1. The average molecular weight is 354 g/mol. The van der Waals surface area contributed by atoms with Gasteiger partial charge in [0.05, 0.1) is 10.6 Å². The molecular formula is C16H22N2O5S. The number of rotatable bonds is 8. The van der Waals surface area contributed by atoms with Crippen molar-refractivity contribution in [1.82, 2.24) is 4.72 Å². The van der Waals surface area contributed by atoms with Crippen molar-refractivity contribution in [3.8, 4) is 0 Å². The number of hydrogen-bond acceptors (Lipinski definition) is 5. The van der Waals surface area contributed by atoms with Crippen molar-refractivity contribution in [3.05, 3.63) is 24.3 Å². The Morgan fingerprint density at radius 2 is 1.75 bits per heavy atom. The zero-order chi connectivity index (χ0) is 17.6. The summed E-state index contributed by atoms with van der Waals surface area (Å²) < 4.78 is 32.0. The van der Waals surface area contributed by atoms with E-state index in [1.54, 1.807) is 0 Å². The lowest BCUT2D eigenvalue weighted by atomic mass is 10.1. The molecule has 1 saturated heterocycles. The molecule has 8 heteroatoms. The normalized spacial score (nSPS) is 15.8. The summed E-state index contributed by atoms with van der Waals surface area (Å²) in [6, 6.07) is 5.76. The van der Waals surface area contributed by atoms with E-state index in [-0.39, 0.29) is 23.3 Å². The summed E-state index contributed by atoms with van der Waals surface area (Å²) >= 11 is 0. The van der Waals surface area contributed by atoms with E-state index >= 15 is 0 Å². The summed E-state index contributed by atoms with van der Waals surface area (Å²) in [4.78, 5) is 25.0. The van der Waals surface area contributed by atoms with E-state index < -0.39 is 10.0 Å². The minimum atomic E-state index is -3.62. The van der Waals surface area contributed by atoms with Crippen molar-refractivity contribution in [2.75, 3.05) is 24.7 Å². The molecule has 1 aliphatic heterocycles. The van der Waals surface area contributed by atoms with Gasteiger partial charge in [0.25, 0.3) is 0 Å². The van der Waals surface area contributed by atoms with Gasteiger partial charge < -0.3 is 4.74 Å². The lowest BCUT2D eigenvalue weighted by Crippen LogP contribution is -2.40. The summed E-state index contributed by atoms with van der Waals surface area (Å²) in [7, 11) is -3.62. The van der Waals surface area contributed by atoms with Crippen molar-refractivity contribution in [2.45, 2.75) is 37.5 Å². The molecule has 2 rings (SSSR count). The number of ether oxygens (including phenoxy) is 1. The molecule has 1 fully saturated rings. The van der Waals surface area contributed by atoms with Gasteiger partial charge in [-0.2, -0.15) is 0 Å². The molecule has 1 aromatic rings. The fraction of sp³-hybridized carbons (Fsp3) is 0.500. The van der Waals surface area contributed by atoms with Crippen LogP contribution >= 0.6 is 0 Å². The molecule has 0 atom stereocenters. The lowest BCUT2D eigenvalue weighted by Gasteiger charge is -2.24. The first-order chi connectivity index (χ1) is 11.5. The largest absolute Gasteiger partial charge is 0.382 e. The highest BCUT2D eigenvalue weighted by Gasteiger charge is 2.27. The molecule has 7 nitrogen and oxygen atoms in total. The van der Waals surface area contributed by atoms with Gasteiger partial charge in [-0.25, -0.2) is 13.1 Å². The average Bonchev–Trinajstić information content (AvgIpc) is 2.55. The summed E-state index contributed by atoms with van der Waals surface area (Å²) in [5, 5.41) is 0. The molecule has 0 saturated carbocycles. The Hall–Kier alpha value is -1.77. The van der Waals surface area contributed by atoms with E-state index in [1.807, 2.05) is 6.92 Å². The number of amides is 2. The summed E-state index contributed by atoms with van der Waals surface area (Å²) in [6.07, 6.45) is 1.80. The van der Waals surface area contributed by atoms with E-state index in [2.05, 4.69) is 4.72 Å². The second kappa shape index (κ2) is 8.36. The fourth-order valence-electron chi connectivity index (χ4n) is 2.42. The van der Waals surface area contributed by atoms with Crippen LogP contribution in [0.1, 0.15) is 32.6 Å². The Bertz CT molecular complexity index is 669. The first-order valence-electron chi connectivity index (χ1n) is 7.99. The Morgan fingerprint density at radius 3 is 2.33 bits per heavy atom. The molecule has 0 radical (unpaired) electrons. The summed E-state index contributed by atoms with van der Waals surface area (Å²) in [6.45, 7) is 3.26. The molecular weight excluding hydrogens is 332 g/mol. The Kier molecular flexibility index (Phi) is 6.47. The molecule has 1 aromatic carbocycles. The highest BCUT2D eigenvalue weighted by atomic mass is 32.2. The van der Waals surface area contributed by atoms with Crippen molar-refractivity contribution >= 4 is 27.5 Å². The minimum absolute atomic E-state index is 0.0968. The van der Waals surface area contributed by atoms with Gasteiger partial charge in [-0.1, -0.05) is 0 Å². The van der Waals surface area contributed by atoms with Gasteiger partial charge in [-0.05, 0) is 44.0 Å². The highest BCUT2D eigenvalue weighted by Crippen LogP contribution is 2.23. The molecule has 1 heterocycles. The quantitative estimate of drug-likeness (QED) is 0.563. The van der Waals surface area contributed by atoms with Crippen molar-refractivity contribution in [3.63, 3.8) is 0 Å². The summed E-state index contributed by atoms with van der Waals surface area (Å²) in [5.74, 6) is -0.508. The predicted octanol–water partition coefficient (Wildman–Crippen LogP) is 1.43. The maximum absolute atomic E-state index is 12.2. The number of benzene rings is 1. The predicted molar refractivity (Wildman–Crippen MR) is 89.1 cm³/mol. The van der Waals surface area contributed by atoms with E-state index in [0.717, 1.165) is 4.90 Å². The Balaban J connectivity index is 2.02. The van der Waals surface area contributed by atoms with Crippen LogP contribution in [0.15, 0.2) is 29.2 Å². The van der Waals surface area contributed by atoms with Crippen LogP contribution in [0.25, 0.3) is 0 Å². The molecule has 132 valence electrons. The van der Waals surface area contributed by atoms with Gasteiger partial charge in [-0.15, -0.1) is 0 Å². The van der Waals surface area contributed by atoms with Gasteiger partial charge in [0.15, 0.2) is 0 Å². The van der Waals surface area contributed by atoms with Crippen LogP contribution in [0.3, 0.4) is 0 Å². The van der Waals surface area contributed by atoms with Crippen LogP contribution in [0.5, 0.6) is 0 Å². The molecule has 1 N–H and O–H groups in total. The number of piperidine rings is 1. The highest BCUT2D eigenvalue weighted by molar-refractivity contribution is 7.89. The van der Waals surface area contributed by atoms with Gasteiger partial charge in [0.2, 0.25) is 21.8 Å². The van der Waals surface area contributed by atoms with Crippen LogP contribution < -0.4 is 9.62 Å². The molecule has 0 aromatic heterocycles. The number of anilines is 1. The first kappa shape index (κ1) is 18.6. The van der Waals surface area contributed by atoms with E-state index in [9.17, 15) is 18.0 Å². The maximum Gasteiger partial charge on any atom is 0.240 e. The number of carbonyl (C=O) groups excluding carboxylic acids is 2. The van der Waals surface area contributed by atoms with Crippen LogP contribution in [-0.4, -0.2) is 40.0 Å². The standard InChI is InChI=1S/C16H22N2O5S/c1-2-23-12-4-11-17-24(21,22)14-9-7-13(8-10-14)18-15(19)5-3-6-16(18)20/h7-10,17H,2-6,11-12H2,1H3. The van der Waals surface area contributed by atoms with Crippen molar-refractivity contribution < 1.29 is 22.7 Å². The van der Waals surface area contributed by atoms with Gasteiger partial charge in [0.1, 0.15) is 0 Å². The third-order valence-corrected chi connectivity index (χ3v) is 5.12. The van der Waals surface area contributed by atoms with Crippen LogP contribution in [0.2, 0.25) is 0 Å². The summed E-state index contributed by atoms with van der Waals surface area (Å²) in [5.41, 5.74) is 0.403. The van der Waals surface area contributed by atoms with Crippen LogP contribution in [0.4, 0.5) is 5.69 Å². The van der Waals surface area contributed by atoms with E-state index in [1.165, 1.54) is 24.3 Å². The third kappa shape index (κ3) is 4.62. The number of sulfonamides is 1. The van der Waals surface area contributed by atoms with Crippen molar-refractivity contribution in [2.24, 2.45) is 0 Å². The van der Waals surface area contributed by atoms with Gasteiger partial charge >= 0.3 is 0 Å². The molecule has 0 unspecified atom stereocenters. The topological polar surface area (TPSA) is 92.8 Å². The number of nitrogens with zero attached hydrogens (tertiary/aromatic N) is 1. The molecule has 0 bridgehead atoms. The van der Waals surface area contributed by atoms with E-state index in [4.69, 9.17) is 4.74 Å². The zero-order valence-corrected chi connectivity index (χ0v) is 14.5. The Morgan fingerprint density at radius 1 is 1.12 bits per heavy atom. The zero-order valence-electron chi connectivity index (χ0n) is 13.7. The smallest absolute Gasteiger partial charge is 0.240 e. The number of imide groups is 1. The minimum Gasteiger partial charge on any atom is -0.382 e. The number of carbonyl (C=O) groups is 2. The maximum atomic E-state index is 12.2. The lowest BCUT2D eigenvalue weighted by molar-refractivity contribution is -0.129. The third-order valence-electron chi connectivity index (χ3n) is 3.65. The molecule has 2 amide bonds. The molecule has 0 aliphatic carbocycles. The first-order valence-corrected chi connectivity index (χ1v) is 9.47. The molecule has 1 aliphatic rings. The monoisotopic (exact) mass is 354 g/mol. The second-order valence-electron chi connectivity index (χ2n) is 5.42. The molecule has 0 spiro atoms. The van der Waals surface area contributed by atoms with Crippen molar-refractivity contribution in [1.29, 1.82) is 0 Å². The van der Waals surface area contributed by atoms with Crippen LogP contribution in [0, 0.1) is 0 Å². The number of hydrogen-bond donors (Lipinski definition) is 1. The fourth-order valence-corrected chi connectivity index (χ4v) is 3.50. The Labute approximate surface area is 142 Å². The number of nitrogens with one attached hydrogen (secondary N) is 1. The van der Waals surface area contributed by atoms with Gasteiger partial charge in [-0.3, -0.25) is 14.5 Å². The van der Waals surface area contributed by atoms with E-state index in [0.29, 0.717) is 44.6 Å².